The van der Waals surface area contributed by atoms with Gasteiger partial charge >= 0.3 is 0 Å². The molecule has 0 aliphatic heterocycles. The van der Waals surface area contributed by atoms with Gasteiger partial charge in [0.25, 0.3) is 0 Å². The van der Waals surface area contributed by atoms with E-state index in [0.29, 0.717) is 6.42 Å². The van der Waals surface area contributed by atoms with Crippen LogP contribution >= 0.6 is 11.3 Å². The first-order chi connectivity index (χ1) is 7.49. The maximum absolute atomic E-state index is 9.85. The SMILES string of the molecule is COc1ccc2scc(CC(C)(C)O)c2c1. The largest absolute Gasteiger partial charge is 0.497 e. The van der Waals surface area contributed by atoms with Gasteiger partial charge in [-0.1, -0.05) is 0 Å². The predicted molar refractivity (Wildman–Crippen MR) is 68.4 cm³/mol. The molecule has 0 aliphatic carbocycles. The Morgan fingerprint density at radius 2 is 2.12 bits per heavy atom. The Hall–Kier alpha value is -1.06. The molecule has 16 heavy (non-hydrogen) atoms. The Bertz CT molecular complexity index is 494. The molecular formula is C13H16O2S. The van der Waals surface area contributed by atoms with E-state index in [9.17, 15) is 5.11 Å². The summed E-state index contributed by atoms with van der Waals surface area (Å²) in [6.07, 6.45) is 0.667. The van der Waals surface area contributed by atoms with E-state index in [4.69, 9.17) is 4.74 Å². The monoisotopic (exact) mass is 236 g/mol. The van der Waals surface area contributed by atoms with Gasteiger partial charge in [0.05, 0.1) is 12.7 Å². The molecule has 0 radical (unpaired) electrons. The van der Waals surface area contributed by atoms with Crippen molar-refractivity contribution >= 4 is 21.4 Å². The molecule has 1 aromatic carbocycles. The van der Waals surface area contributed by atoms with E-state index in [1.165, 1.54) is 15.6 Å². The lowest BCUT2D eigenvalue weighted by atomic mass is 9.98. The molecule has 0 bridgehead atoms. The van der Waals surface area contributed by atoms with Crippen molar-refractivity contribution in [2.75, 3.05) is 7.11 Å². The van der Waals surface area contributed by atoms with E-state index in [-0.39, 0.29) is 0 Å². The minimum absolute atomic E-state index is 0.667. The maximum atomic E-state index is 9.85. The molecule has 2 nitrogen and oxygen atoms in total. The van der Waals surface area contributed by atoms with Crippen molar-refractivity contribution in [1.82, 2.24) is 0 Å². The number of hydrogen-bond donors (Lipinski definition) is 1. The molecule has 2 aromatic rings. The van der Waals surface area contributed by atoms with Gasteiger partial charge in [0.1, 0.15) is 5.75 Å². The fourth-order valence-corrected chi connectivity index (χ4v) is 2.73. The molecule has 1 aromatic heterocycles. The molecule has 0 saturated carbocycles. The van der Waals surface area contributed by atoms with Crippen molar-refractivity contribution < 1.29 is 9.84 Å². The van der Waals surface area contributed by atoms with Crippen LogP contribution in [0.2, 0.25) is 0 Å². The third kappa shape index (κ3) is 2.36. The van der Waals surface area contributed by atoms with E-state index in [1.807, 2.05) is 26.0 Å². The van der Waals surface area contributed by atoms with Crippen LogP contribution in [0.15, 0.2) is 23.6 Å². The zero-order chi connectivity index (χ0) is 11.8. The second-order valence-corrected chi connectivity index (χ2v) is 5.52. The highest BCUT2D eigenvalue weighted by Crippen LogP contribution is 2.31. The number of rotatable bonds is 3. The average molecular weight is 236 g/mol. The summed E-state index contributed by atoms with van der Waals surface area (Å²) in [5.74, 6) is 0.864. The zero-order valence-electron chi connectivity index (χ0n) is 9.78. The summed E-state index contributed by atoms with van der Waals surface area (Å²) in [7, 11) is 1.67. The van der Waals surface area contributed by atoms with E-state index < -0.39 is 5.60 Å². The maximum Gasteiger partial charge on any atom is 0.119 e. The first-order valence-corrected chi connectivity index (χ1v) is 6.14. The van der Waals surface area contributed by atoms with E-state index >= 15 is 0 Å². The lowest BCUT2D eigenvalue weighted by Gasteiger charge is -2.16. The van der Waals surface area contributed by atoms with Gasteiger partial charge < -0.3 is 9.84 Å². The summed E-state index contributed by atoms with van der Waals surface area (Å²) in [5, 5.41) is 13.1. The third-order valence-electron chi connectivity index (χ3n) is 2.48. The normalized spacial score (nSPS) is 12.0. The highest BCUT2D eigenvalue weighted by atomic mass is 32.1. The van der Waals surface area contributed by atoms with Gasteiger partial charge in [-0.15, -0.1) is 11.3 Å². The van der Waals surface area contributed by atoms with Gasteiger partial charge in [-0.05, 0) is 48.4 Å². The molecular weight excluding hydrogens is 220 g/mol. The van der Waals surface area contributed by atoms with Crippen LogP contribution in [-0.2, 0) is 6.42 Å². The van der Waals surface area contributed by atoms with Gasteiger partial charge in [0.15, 0.2) is 0 Å². The number of ether oxygens (including phenoxy) is 1. The highest BCUT2D eigenvalue weighted by Gasteiger charge is 2.16. The van der Waals surface area contributed by atoms with Crippen molar-refractivity contribution in [3.63, 3.8) is 0 Å². The summed E-state index contributed by atoms with van der Waals surface area (Å²) < 4.78 is 6.46. The molecule has 0 unspecified atom stereocenters. The Balaban J connectivity index is 2.46. The molecule has 2 rings (SSSR count). The summed E-state index contributed by atoms with van der Waals surface area (Å²) in [6.45, 7) is 3.66. The van der Waals surface area contributed by atoms with Crippen LogP contribution < -0.4 is 4.74 Å². The van der Waals surface area contributed by atoms with Crippen LogP contribution in [0, 0.1) is 0 Å². The Labute approximate surface area is 99.5 Å². The molecule has 3 heteroatoms. The fraction of sp³-hybridized carbons (Fsp3) is 0.385. The summed E-state index contributed by atoms with van der Waals surface area (Å²) in [4.78, 5) is 0. The Kier molecular flexibility index (Phi) is 2.91. The summed E-state index contributed by atoms with van der Waals surface area (Å²) in [5.41, 5.74) is 0.517. The molecule has 1 heterocycles. The van der Waals surface area contributed by atoms with E-state index in [0.717, 1.165) is 5.75 Å². The number of aliphatic hydroxyl groups is 1. The predicted octanol–water partition coefficient (Wildman–Crippen LogP) is 3.22. The molecule has 0 fully saturated rings. The minimum Gasteiger partial charge on any atom is -0.497 e. The molecule has 0 atom stereocenters. The standard InChI is InChI=1S/C13H16O2S/c1-13(2,14)7-9-8-16-12-5-4-10(15-3)6-11(9)12/h4-6,8,14H,7H2,1-3H3. The smallest absolute Gasteiger partial charge is 0.119 e. The topological polar surface area (TPSA) is 29.5 Å². The van der Waals surface area contributed by atoms with Gasteiger partial charge in [0.2, 0.25) is 0 Å². The first-order valence-electron chi connectivity index (χ1n) is 5.26. The van der Waals surface area contributed by atoms with Crippen LogP contribution in [0.3, 0.4) is 0 Å². The van der Waals surface area contributed by atoms with Crippen molar-refractivity contribution in [2.45, 2.75) is 25.9 Å². The molecule has 86 valence electrons. The van der Waals surface area contributed by atoms with Crippen LogP contribution in [0.1, 0.15) is 19.4 Å². The molecule has 1 N–H and O–H groups in total. The van der Waals surface area contributed by atoms with Crippen molar-refractivity contribution in [3.05, 3.63) is 29.1 Å². The van der Waals surface area contributed by atoms with E-state index in [2.05, 4.69) is 11.4 Å². The third-order valence-corrected chi connectivity index (χ3v) is 3.50. The lowest BCUT2D eigenvalue weighted by molar-refractivity contribution is 0.0814. The second-order valence-electron chi connectivity index (χ2n) is 4.61. The van der Waals surface area contributed by atoms with Gasteiger partial charge in [-0.25, -0.2) is 0 Å². The van der Waals surface area contributed by atoms with Crippen molar-refractivity contribution in [1.29, 1.82) is 0 Å². The fourth-order valence-electron chi connectivity index (χ4n) is 1.79. The van der Waals surface area contributed by atoms with Gasteiger partial charge in [-0.2, -0.15) is 0 Å². The van der Waals surface area contributed by atoms with E-state index in [1.54, 1.807) is 18.4 Å². The summed E-state index contributed by atoms with van der Waals surface area (Å²) in [6, 6.07) is 6.06. The number of hydrogen-bond acceptors (Lipinski definition) is 3. The molecule has 0 saturated heterocycles. The number of benzene rings is 1. The molecule has 0 aliphatic rings. The second kappa shape index (κ2) is 4.07. The van der Waals surface area contributed by atoms with Crippen LogP contribution in [-0.4, -0.2) is 17.8 Å². The molecule has 0 spiro atoms. The Morgan fingerprint density at radius 3 is 2.75 bits per heavy atom. The van der Waals surface area contributed by atoms with Crippen molar-refractivity contribution in [2.24, 2.45) is 0 Å². The zero-order valence-corrected chi connectivity index (χ0v) is 10.6. The summed E-state index contributed by atoms with van der Waals surface area (Å²) >= 11 is 1.71. The average Bonchev–Trinajstić information content (AvgIpc) is 2.58. The minimum atomic E-state index is -0.670. The van der Waals surface area contributed by atoms with Crippen LogP contribution in [0.5, 0.6) is 5.75 Å². The van der Waals surface area contributed by atoms with Crippen LogP contribution in [0.25, 0.3) is 10.1 Å². The van der Waals surface area contributed by atoms with Gasteiger partial charge in [-0.3, -0.25) is 0 Å². The van der Waals surface area contributed by atoms with Crippen LogP contribution in [0.4, 0.5) is 0 Å². The number of fused-ring (bicyclic) bond motifs is 1. The first kappa shape index (κ1) is 11.4. The number of thiophene rings is 1. The quantitative estimate of drug-likeness (QED) is 0.886. The molecule has 0 amide bonds. The van der Waals surface area contributed by atoms with Gasteiger partial charge in [0, 0.05) is 11.1 Å². The number of methoxy groups -OCH3 is 1. The van der Waals surface area contributed by atoms with Crippen molar-refractivity contribution in [3.8, 4) is 5.75 Å². The highest BCUT2D eigenvalue weighted by molar-refractivity contribution is 7.17. The lowest BCUT2D eigenvalue weighted by Crippen LogP contribution is -2.21. The Morgan fingerprint density at radius 1 is 1.38 bits per heavy atom.